The Bertz CT molecular complexity index is 585. The summed E-state index contributed by atoms with van der Waals surface area (Å²) in [4.78, 5) is 0. The smallest absolute Gasteiger partial charge is 0.127 e. The Labute approximate surface area is 127 Å². The molecule has 0 heterocycles. The van der Waals surface area contributed by atoms with Gasteiger partial charge in [-0.3, -0.25) is 0 Å². The molecule has 0 radical (unpaired) electrons. The van der Waals surface area contributed by atoms with Crippen molar-refractivity contribution in [3.8, 4) is 16.9 Å². The first-order valence-electron chi connectivity index (χ1n) is 7.27. The molecule has 0 aliphatic heterocycles. The van der Waals surface area contributed by atoms with Crippen molar-refractivity contribution in [1.82, 2.24) is 0 Å². The van der Waals surface area contributed by atoms with Crippen LogP contribution in [0.5, 0.6) is 5.75 Å². The van der Waals surface area contributed by atoms with E-state index < -0.39 is 0 Å². The summed E-state index contributed by atoms with van der Waals surface area (Å²) in [6.45, 7) is 10.3. The van der Waals surface area contributed by atoms with Crippen LogP contribution < -0.4 is 4.74 Å². The van der Waals surface area contributed by atoms with Crippen LogP contribution in [0.1, 0.15) is 31.9 Å². The van der Waals surface area contributed by atoms with Crippen molar-refractivity contribution in [2.75, 3.05) is 7.11 Å². The Kier molecular flexibility index (Phi) is 6.41. The molecule has 0 fully saturated rings. The van der Waals surface area contributed by atoms with Gasteiger partial charge in [-0.25, -0.2) is 4.39 Å². The Morgan fingerprint density at radius 3 is 2.05 bits per heavy atom. The van der Waals surface area contributed by atoms with Crippen LogP contribution in [-0.2, 0) is 0 Å². The van der Waals surface area contributed by atoms with Crippen LogP contribution in [0.15, 0.2) is 36.4 Å². The van der Waals surface area contributed by atoms with Gasteiger partial charge in [0.1, 0.15) is 11.6 Å². The maximum Gasteiger partial charge on any atom is 0.127 e. The van der Waals surface area contributed by atoms with Crippen LogP contribution in [0, 0.1) is 25.6 Å². The van der Waals surface area contributed by atoms with Gasteiger partial charge in [-0.05, 0) is 48.6 Å². The molecule has 2 rings (SSSR count). The van der Waals surface area contributed by atoms with Crippen LogP contribution in [0.25, 0.3) is 11.1 Å². The van der Waals surface area contributed by atoms with E-state index in [1.807, 2.05) is 31.2 Å². The number of methoxy groups -OCH3 is 1. The molecule has 1 nitrogen and oxygen atoms in total. The summed E-state index contributed by atoms with van der Waals surface area (Å²) in [5, 5.41) is 0. The number of benzene rings is 2. The van der Waals surface area contributed by atoms with Gasteiger partial charge in [0.05, 0.1) is 7.11 Å². The third-order valence-electron chi connectivity index (χ3n) is 2.99. The summed E-state index contributed by atoms with van der Waals surface area (Å²) < 4.78 is 19.0. The van der Waals surface area contributed by atoms with Crippen LogP contribution >= 0.6 is 0 Å². The highest BCUT2D eigenvalue weighted by atomic mass is 19.1. The van der Waals surface area contributed by atoms with E-state index >= 15 is 0 Å². The van der Waals surface area contributed by atoms with E-state index in [2.05, 4.69) is 20.8 Å². The summed E-state index contributed by atoms with van der Waals surface area (Å²) in [6.07, 6.45) is 0. The number of ether oxygens (including phenoxy) is 1. The minimum Gasteiger partial charge on any atom is -0.496 e. The quantitative estimate of drug-likeness (QED) is 0.680. The molecule has 0 saturated heterocycles. The lowest BCUT2D eigenvalue weighted by atomic mass is 9.95. The Morgan fingerprint density at radius 1 is 0.952 bits per heavy atom. The molecule has 0 amide bonds. The highest BCUT2D eigenvalue weighted by molar-refractivity contribution is 5.76. The molecule has 0 aliphatic rings. The van der Waals surface area contributed by atoms with Crippen molar-refractivity contribution >= 4 is 0 Å². The molecular weight excluding hydrogens is 263 g/mol. The summed E-state index contributed by atoms with van der Waals surface area (Å²) in [5.41, 5.74) is 3.59. The zero-order chi connectivity index (χ0) is 16.0. The topological polar surface area (TPSA) is 9.23 Å². The Morgan fingerprint density at radius 2 is 1.52 bits per heavy atom. The monoisotopic (exact) mass is 288 g/mol. The summed E-state index contributed by atoms with van der Waals surface area (Å²) in [7, 11) is 1.61. The van der Waals surface area contributed by atoms with Crippen LogP contribution in [0.2, 0.25) is 0 Å². The van der Waals surface area contributed by atoms with Crippen LogP contribution in [-0.4, -0.2) is 7.11 Å². The van der Waals surface area contributed by atoms with Gasteiger partial charge in [0, 0.05) is 5.56 Å². The molecule has 0 aromatic heterocycles. The molecule has 0 spiro atoms. The Hall–Kier alpha value is -1.83. The zero-order valence-corrected chi connectivity index (χ0v) is 13.8. The lowest BCUT2D eigenvalue weighted by Gasteiger charge is -2.14. The normalized spacial score (nSPS) is 10.1. The molecule has 0 atom stereocenters. The van der Waals surface area contributed by atoms with Crippen LogP contribution in [0.3, 0.4) is 0 Å². The average molecular weight is 288 g/mol. The number of aryl methyl sites for hydroxylation is 1. The zero-order valence-electron chi connectivity index (χ0n) is 13.8. The fourth-order valence-corrected chi connectivity index (χ4v) is 2.02. The predicted octanol–water partition coefficient (Wildman–Crippen LogP) is 5.78. The highest BCUT2D eigenvalue weighted by Crippen LogP contribution is 2.36. The summed E-state index contributed by atoms with van der Waals surface area (Å²) in [6, 6.07) is 11.0. The molecule has 0 aliphatic carbocycles. The van der Waals surface area contributed by atoms with Crippen LogP contribution in [0.4, 0.5) is 4.39 Å². The maximum atomic E-state index is 13.7. The average Bonchev–Trinajstić information content (AvgIpc) is 2.42. The first-order chi connectivity index (χ1) is 9.88. The van der Waals surface area contributed by atoms with Crippen molar-refractivity contribution < 1.29 is 9.13 Å². The number of hydrogen-bond donors (Lipinski definition) is 0. The van der Waals surface area contributed by atoms with Crippen molar-refractivity contribution in [2.45, 2.75) is 34.6 Å². The third-order valence-corrected chi connectivity index (χ3v) is 2.99. The third kappa shape index (κ3) is 4.59. The summed E-state index contributed by atoms with van der Waals surface area (Å²) in [5.74, 6) is 1.34. The fraction of sp³-hybridized carbons (Fsp3) is 0.368. The second kappa shape index (κ2) is 7.82. The Balaban J connectivity index is 0.000000491. The maximum absolute atomic E-state index is 13.7. The van der Waals surface area contributed by atoms with E-state index in [9.17, 15) is 4.39 Å². The number of rotatable bonds is 2. The van der Waals surface area contributed by atoms with Gasteiger partial charge in [0.15, 0.2) is 0 Å². The minimum absolute atomic E-state index is 0.205. The van der Waals surface area contributed by atoms with E-state index in [0.717, 1.165) is 22.6 Å². The fourth-order valence-electron chi connectivity index (χ4n) is 2.02. The lowest BCUT2D eigenvalue weighted by molar-refractivity contribution is 0.415. The summed E-state index contributed by atoms with van der Waals surface area (Å²) >= 11 is 0. The van der Waals surface area contributed by atoms with E-state index in [4.69, 9.17) is 4.74 Å². The van der Waals surface area contributed by atoms with E-state index in [1.54, 1.807) is 20.1 Å². The van der Waals surface area contributed by atoms with Gasteiger partial charge < -0.3 is 4.74 Å². The number of hydrogen-bond acceptors (Lipinski definition) is 1. The van der Waals surface area contributed by atoms with E-state index in [0.29, 0.717) is 11.3 Å². The first-order valence-corrected chi connectivity index (χ1v) is 7.27. The molecule has 0 unspecified atom stereocenters. The van der Waals surface area contributed by atoms with Gasteiger partial charge >= 0.3 is 0 Å². The van der Waals surface area contributed by atoms with Crippen molar-refractivity contribution in [2.24, 2.45) is 5.92 Å². The van der Waals surface area contributed by atoms with Crippen molar-refractivity contribution in [1.29, 1.82) is 0 Å². The van der Waals surface area contributed by atoms with E-state index in [1.165, 1.54) is 6.07 Å². The predicted molar refractivity (Wildman–Crippen MR) is 88.4 cm³/mol. The second-order valence-corrected chi connectivity index (χ2v) is 5.80. The molecule has 2 aromatic carbocycles. The van der Waals surface area contributed by atoms with Gasteiger partial charge in [0.2, 0.25) is 0 Å². The molecule has 2 heteroatoms. The van der Waals surface area contributed by atoms with Crippen molar-refractivity contribution in [3.63, 3.8) is 0 Å². The van der Waals surface area contributed by atoms with Gasteiger partial charge in [-0.2, -0.15) is 0 Å². The van der Waals surface area contributed by atoms with E-state index in [-0.39, 0.29) is 5.82 Å². The first kappa shape index (κ1) is 17.2. The highest BCUT2D eigenvalue weighted by Gasteiger charge is 2.13. The van der Waals surface area contributed by atoms with Gasteiger partial charge in [-0.15, -0.1) is 0 Å². The number of halogens is 1. The van der Waals surface area contributed by atoms with Gasteiger partial charge in [-0.1, -0.05) is 45.0 Å². The molecule has 2 aromatic rings. The molecule has 0 N–H and O–H groups in total. The van der Waals surface area contributed by atoms with Gasteiger partial charge in [0.25, 0.3) is 0 Å². The second-order valence-electron chi connectivity index (χ2n) is 5.80. The minimum atomic E-state index is -0.205. The lowest BCUT2D eigenvalue weighted by Crippen LogP contribution is -1.95. The largest absolute Gasteiger partial charge is 0.496 e. The molecule has 0 saturated carbocycles. The molecule has 21 heavy (non-hydrogen) atoms. The molecule has 0 bridgehead atoms. The standard InChI is InChI=1S/C15H15FO.C4H10/c1-10-6-4-5-7-12(10)15-11(2)13(16)8-9-14(15)17-3;1-4(2)3/h4-9H,1-3H3;4H,1-3H3. The molecular formula is C19H25FO. The SMILES string of the molecule is CC(C)C.COc1ccc(F)c(C)c1-c1ccccc1C. The molecule has 114 valence electrons. The van der Waals surface area contributed by atoms with Crippen molar-refractivity contribution in [3.05, 3.63) is 53.3 Å².